The molecule has 2 N–H and O–H groups in total. The van der Waals surface area contributed by atoms with Crippen LogP contribution in [0.15, 0.2) is 46.2 Å². The first kappa shape index (κ1) is 16.2. The van der Waals surface area contributed by atoms with E-state index in [1.165, 1.54) is 23.4 Å². The number of nitrogens with two attached hydrogens (primary N) is 1. The lowest BCUT2D eigenvalue weighted by molar-refractivity contribution is -0.384. The highest BCUT2D eigenvalue weighted by Gasteiger charge is 2.25. The van der Waals surface area contributed by atoms with Crippen LogP contribution in [0.3, 0.4) is 0 Å². The largest absolute Gasteiger partial charge is 0.378 e. The second-order valence-corrected chi connectivity index (χ2v) is 5.77. The van der Waals surface area contributed by atoms with Gasteiger partial charge in [0.2, 0.25) is 0 Å². The second-order valence-electron chi connectivity index (χ2n) is 5.77. The number of allylic oxidation sites excluding steroid dienone is 2. The van der Waals surface area contributed by atoms with Gasteiger partial charge in [-0.15, -0.1) is 0 Å². The minimum atomic E-state index is -0.388. The first-order valence-electron chi connectivity index (χ1n) is 7.93. The summed E-state index contributed by atoms with van der Waals surface area (Å²) in [6.45, 7) is 3.10. The van der Waals surface area contributed by atoms with E-state index in [-0.39, 0.29) is 10.6 Å². The fraction of sp³-hybridized carbons (Fsp3) is 0.353. The van der Waals surface area contributed by atoms with Crippen LogP contribution in [-0.4, -0.2) is 42.3 Å². The number of benzene rings is 1. The van der Waals surface area contributed by atoms with Gasteiger partial charge in [-0.05, 0) is 47.8 Å². The maximum Gasteiger partial charge on any atom is 0.269 e. The van der Waals surface area contributed by atoms with E-state index in [1.54, 1.807) is 18.3 Å². The van der Waals surface area contributed by atoms with E-state index in [0.717, 1.165) is 37.1 Å². The van der Waals surface area contributed by atoms with Crippen molar-refractivity contribution in [2.75, 3.05) is 26.3 Å². The predicted octanol–water partition coefficient (Wildman–Crippen LogP) is 2.30. The van der Waals surface area contributed by atoms with E-state index in [4.69, 9.17) is 10.6 Å². The van der Waals surface area contributed by atoms with Gasteiger partial charge >= 0.3 is 0 Å². The maximum atomic E-state index is 10.8. The Bertz CT molecular complexity index is 701. The molecule has 0 bridgehead atoms. The SMILES string of the molecule is NN=CC1=C(N2CCOCC2)C(=Cc2ccc([N+](=O)[O-])cc2)CC1. The number of hydrogen-bond acceptors (Lipinski definition) is 6. The molecule has 0 spiro atoms. The van der Waals surface area contributed by atoms with Crippen molar-refractivity contribution in [1.82, 2.24) is 4.90 Å². The van der Waals surface area contributed by atoms with Gasteiger partial charge in [0.05, 0.1) is 24.4 Å². The van der Waals surface area contributed by atoms with Crippen LogP contribution < -0.4 is 5.84 Å². The minimum Gasteiger partial charge on any atom is -0.378 e. The Morgan fingerprint density at radius 2 is 1.92 bits per heavy atom. The zero-order valence-corrected chi connectivity index (χ0v) is 13.4. The van der Waals surface area contributed by atoms with E-state index in [9.17, 15) is 10.1 Å². The summed E-state index contributed by atoms with van der Waals surface area (Å²) in [5.74, 6) is 5.35. The van der Waals surface area contributed by atoms with Crippen LogP contribution in [0, 0.1) is 10.1 Å². The van der Waals surface area contributed by atoms with Crippen molar-refractivity contribution >= 4 is 18.0 Å². The Kier molecular flexibility index (Phi) is 4.90. The molecule has 7 heteroatoms. The summed E-state index contributed by atoms with van der Waals surface area (Å²) < 4.78 is 5.44. The van der Waals surface area contributed by atoms with Gasteiger partial charge < -0.3 is 15.5 Å². The average Bonchev–Trinajstić information content (AvgIpc) is 2.99. The third kappa shape index (κ3) is 3.46. The third-order valence-electron chi connectivity index (χ3n) is 4.27. The monoisotopic (exact) mass is 328 g/mol. The molecule has 24 heavy (non-hydrogen) atoms. The van der Waals surface area contributed by atoms with Crippen molar-refractivity contribution in [3.05, 3.63) is 56.8 Å². The van der Waals surface area contributed by atoms with Gasteiger partial charge in [0.1, 0.15) is 0 Å². The molecule has 126 valence electrons. The van der Waals surface area contributed by atoms with Gasteiger partial charge in [0.15, 0.2) is 0 Å². The number of hydrazone groups is 1. The molecule has 0 aromatic heterocycles. The van der Waals surface area contributed by atoms with Crippen LogP contribution in [0.4, 0.5) is 5.69 Å². The lowest BCUT2D eigenvalue weighted by Gasteiger charge is -2.31. The molecule has 3 rings (SSSR count). The summed E-state index contributed by atoms with van der Waals surface area (Å²) >= 11 is 0. The molecule has 0 radical (unpaired) electrons. The van der Waals surface area contributed by atoms with Crippen LogP contribution in [0.25, 0.3) is 6.08 Å². The minimum absolute atomic E-state index is 0.100. The van der Waals surface area contributed by atoms with Crippen LogP contribution in [0.1, 0.15) is 18.4 Å². The molecule has 0 unspecified atom stereocenters. The number of morpholine rings is 1. The summed E-state index contributed by atoms with van der Waals surface area (Å²) in [5.41, 5.74) is 4.56. The van der Waals surface area contributed by atoms with E-state index < -0.39 is 0 Å². The third-order valence-corrected chi connectivity index (χ3v) is 4.27. The van der Waals surface area contributed by atoms with Crippen LogP contribution in [0.5, 0.6) is 0 Å². The number of nitro groups is 1. The standard InChI is InChI=1S/C17H20N4O3/c18-19-12-15-4-3-14(17(15)20-7-9-24-10-8-20)11-13-1-5-16(6-2-13)21(22)23/h1-2,5-6,11-12H,3-4,7-10,18H2. The first-order valence-corrected chi connectivity index (χ1v) is 7.93. The number of nitrogens with zero attached hydrogens (tertiary/aromatic N) is 3. The van der Waals surface area contributed by atoms with Crippen molar-refractivity contribution in [2.24, 2.45) is 10.9 Å². The Morgan fingerprint density at radius 3 is 2.54 bits per heavy atom. The average molecular weight is 328 g/mol. The van der Waals surface area contributed by atoms with E-state index in [1.807, 2.05) is 0 Å². The molecule has 0 atom stereocenters. The number of hydrogen-bond donors (Lipinski definition) is 1. The summed E-state index contributed by atoms with van der Waals surface area (Å²) in [7, 11) is 0. The van der Waals surface area contributed by atoms with Gasteiger partial charge in [0, 0.05) is 30.9 Å². The van der Waals surface area contributed by atoms with Crippen molar-refractivity contribution in [3.8, 4) is 0 Å². The summed E-state index contributed by atoms with van der Waals surface area (Å²) in [5, 5.41) is 14.5. The lowest BCUT2D eigenvalue weighted by atomic mass is 10.1. The van der Waals surface area contributed by atoms with Crippen molar-refractivity contribution in [1.29, 1.82) is 0 Å². The Labute approximate surface area is 140 Å². The topological polar surface area (TPSA) is 94.0 Å². The van der Waals surface area contributed by atoms with Gasteiger partial charge in [-0.1, -0.05) is 0 Å². The number of rotatable bonds is 4. The van der Waals surface area contributed by atoms with Crippen LogP contribution in [-0.2, 0) is 4.74 Å². The normalized spacial score (nSPS) is 20.3. The Balaban J connectivity index is 1.91. The molecule has 0 amide bonds. The zero-order chi connectivity index (χ0) is 16.9. The molecule has 1 aliphatic carbocycles. The Hall–Kier alpha value is -2.67. The van der Waals surface area contributed by atoms with Crippen molar-refractivity contribution in [2.45, 2.75) is 12.8 Å². The highest BCUT2D eigenvalue weighted by molar-refractivity contribution is 5.83. The molecule has 1 saturated heterocycles. The molecule has 1 fully saturated rings. The van der Waals surface area contributed by atoms with Crippen LogP contribution >= 0.6 is 0 Å². The number of ether oxygens (including phenoxy) is 1. The first-order chi connectivity index (χ1) is 11.7. The summed E-state index contributed by atoms with van der Waals surface area (Å²) in [6, 6.07) is 6.61. The van der Waals surface area contributed by atoms with E-state index in [2.05, 4.69) is 16.1 Å². The molecule has 2 aliphatic rings. The van der Waals surface area contributed by atoms with Gasteiger partial charge in [0.25, 0.3) is 5.69 Å². The van der Waals surface area contributed by atoms with Gasteiger partial charge in [-0.2, -0.15) is 5.10 Å². The summed E-state index contributed by atoms with van der Waals surface area (Å²) in [4.78, 5) is 12.7. The molecule has 7 nitrogen and oxygen atoms in total. The quantitative estimate of drug-likeness (QED) is 0.396. The molecular weight excluding hydrogens is 308 g/mol. The Morgan fingerprint density at radius 1 is 1.21 bits per heavy atom. The van der Waals surface area contributed by atoms with Gasteiger partial charge in [-0.3, -0.25) is 10.1 Å². The smallest absolute Gasteiger partial charge is 0.269 e. The summed E-state index contributed by atoms with van der Waals surface area (Å²) in [6.07, 6.45) is 5.62. The molecule has 0 saturated carbocycles. The molecule has 1 aromatic carbocycles. The zero-order valence-electron chi connectivity index (χ0n) is 13.4. The highest BCUT2D eigenvalue weighted by atomic mass is 16.6. The fourth-order valence-electron chi connectivity index (χ4n) is 3.16. The van der Waals surface area contributed by atoms with Crippen LogP contribution in [0.2, 0.25) is 0 Å². The highest BCUT2D eigenvalue weighted by Crippen LogP contribution is 2.35. The number of non-ortho nitro benzene ring substituents is 1. The maximum absolute atomic E-state index is 10.8. The molecule has 1 aromatic rings. The second kappa shape index (κ2) is 7.27. The van der Waals surface area contributed by atoms with Crippen molar-refractivity contribution < 1.29 is 9.66 Å². The van der Waals surface area contributed by atoms with E-state index >= 15 is 0 Å². The molecule has 1 aliphatic heterocycles. The van der Waals surface area contributed by atoms with Gasteiger partial charge in [-0.25, -0.2) is 0 Å². The fourth-order valence-corrected chi connectivity index (χ4v) is 3.16. The lowest BCUT2D eigenvalue weighted by Crippen LogP contribution is -2.36. The molecule has 1 heterocycles. The molecular formula is C17H20N4O3. The predicted molar refractivity (Wildman–Crippen MR) is 92.4 cm³/mol. The van der Waals surface area contributed by atoms with E-state index in [0.29, 0.717) is 13.2 Å². The van der Waals surface area contributed by atoms with Crippen molar-refractivity contribution in [3.63, 3.8) is 0 Å². The number of nitro benzene ring substituents is 1.